The Morgan fingerprint density at radius 1 is 0.871 bits per heavy atom. The average molecular weight is 411 g/mol. The van der Waals surface area contributed by atoms with E-state index in [2.05, 4.69) is 32.9 Å². The van der Waals surface area contributed by atoms with Crippen molar-refractivity contribution in [2.75, 3.05) is 11.4 Å². The van der Waals surface area contributed by atoms with Crippen LogP contribution in [0.1, 0.15) is 48.3 Å². The molecule has 0 aromatic heterocycles. The molecule has 0 N–H and O–H groups in total. The van der Waals surface area contributed by atoms with Gasteiger partial charge in [0.15, 0.2) is 0 Å². The second-order valence-corrected chi connectivity index (χ2v) is 9.41. The maximum Gasteiger partial charge on any atom is 0.258 e. The number of carbonyl (C=O) groups excluding carboxylic acids is 2. The minimum atomic E-state index is -0.768. The molecule has 0 aliphatic carbocycles. The summed E-state index contributed by atoms with van der Waals surface area (Å²) in [6.45, 7) is 6.56. The fourth-order valence-electron chi connectivity index (χ4n) is 5.20. The molecule has 2 aliphatic rings. The molecule has 0 saturated carbocycles. The second kappa shape index (κ2) is 6.81. The fourth-order valence-corrected chi connectivity index (χ4v) is 5.20. The van der Waals surface area contributed by atoms with Gasteiger partial charge in [0, 0.05) is 23.3 Å². The normalized spacial score (nSPS) is 22.4. The molecule has 2 amide bonds. The monoisotopic (exact) mass is 410 g/mol. The molecule has 156 valence electrons. The minimum Gasteiger partial charge on any atom is -0.328 e. The summed E-state index contributed by atoms with van der Waals surface area (Å²) in [7, 11) is 0. The van der Waals surface area contributed by atoms with Crippen LogP contribution in [-0.4, -0.2) is 28.8 Å². The van der Waals surface area contributed by atoms with Crippen molar-refractivity contribution in [1.29, 1.82) is 0 Å². The molecule has 2 atom stereocenters. The highest BCUT2D eigenvalue weighted by Crippen LogP contribution is 2.59. The lowest BCUT2D eigenvalue weighted by molar-refractivity contribution is -0.170. The Labute approximate surface area is 183 Å². The van der Waals surface area contributed by atoms with Gasteiger partial charge in [-0.05, 0) is 50.1 Å². The van der Waals surface area contributed by atoms with Gasteiger partial charge in [-0.1, -0.05) is 66.7 Å². The van der Waals surface area contributed by atoms with Crippen molar-refractivity contribution in [1.82, 2.24) is 4.90 Å². The van der Waals surface area contributed by atoms with Crippen LogP contribution in [0.5, 0.6) is 0 Å². The number of hydrogen-bond donors (Lipinski definition) is 0. The van der Waals surface area contributed by atoms with Crippen molar-refractivity contribution in [3.63, 3.8) is 0 Å². The fraction of sp³-hybridized carbons (Fsp3) is 0.259. The van der Waals surface area contributed by atoms with Gasteiger partial charge in [0.05, 0.1) is 6.04 Å². The third-order valence-electron chi connectivity index (χ3n) is 6.51. The van der Waals surface area contributed by atoms with Crippen LogP contribution < -0.4 is 4.90 Å². The number of benzene rings is 3. The van der Waals surface area contributed by atoms with E-state index in [4.69, 9.17) is 0 Å². The zero-order valence-electron chi connectivity index (χ0n) is 18.1. The van der Waals surface area contributed by atoms with Gasteiger partial charge in [-0.25, -0.2) is 0 Å². The number of carbonyl (C=O) groups is 2. The summed E-state index contributed by atoms with van der Waals surface area (Å²) >= 11 is 0. The number of rotatable bonds is 2. The van der Waals surface area contributed by atoms with Gasteiger partial charge in [-0.15, -0.1) is 0 Å². The number of likely N-dealkylation sites (tertiary alicyclic amines) is 1. The molecular formula is C27H26N2O2. The zero-order valence-corrected chi connectivity index (χ0v) is 18.1. The number of amides is 2. The molecule has 0 bridgehead atoms. The molecule has 1 saturated heterocycles. The van der Waals surface area contributed by atoms with E-state index in [1.165, 1.54) is 0 Å². The van der Waals surface area contributed by atoms with E-state index in [1.807, 2.05) is 77.7 Å². The predicted molar refractivity (Wildman–Crippen MR) is 122 cm³/mol. The lowest BCUT2D eigenvalue weighted by Crippen LogP contribution is -2.72. The molecule has 3 aromatic carbocycles. The molecule has 3 aromatic rings. The van der Waals surface area contributed by atoms with Gasteiger partial charge in [0.25, 0.3) is 5.91 Å². The lowest BCUT2D eigenvalue weighted by Gasteiger charge is -2.60. The summed E-state index contributed by atoms with van der Waals surface area (Å²) in [5.74, 6) is 0.0170. The maximum atomic E-state index is 13.9. The van der Waals surface area contributed by atoms with Crippen LogP contribution in [0.2, 0.25) is 0 Å². The summed E-state index contributed by atoms with van der Waals surface area (Å²) in [5, 5.41) is 0. The van der Waals surface area contributed by atoms with E-state index in [1.54, 1.807) is 4.90 Å². The number of para-hydroxylation sites is 1. The zero-order chi connectivity index (χ0) is 21.8. The van der Waals surface area contributed by atoms with E-state index in [-0.39, 0.29) is 23.4 Å². The first-order valence-corrected chi connectivity index (χ1v) is 10.7. The maximum absolute atomic E-state index is 13.9. The van der Waals surface area contributed by atoms with Crippen LogP contribution in [0.3, 0.4) is 0 Å². The van der Waals surface area contributed by atoms with Crippen molar-refractivity contribution in [2.24, 2.45) is 0 Å². The molecule has 5 rings (SSSR count). The number of hydrogen-bond acceptors (Lipinski definition) is 2. The average Bonchev–Trinajstić information content (AvgIpc) is 3.14. The lowest BCUT2D eigenvalue weighted by atomic mass is 9.63. The summed E-state index contributed by atoms with van der Waals surface area (Å²) in [6, 6.07) is 27.2. The second-order valence-electron chi connectivity index (χ2n) is 9.41. The molecule has 31 heavy (non-hydrogen) atoms. The summed E-state index contributed by atoms with van der Waals surface area (Å²) in [4.78, 5) is 31.1. The molecule has 0 unspecified atom stereocenters. The Bertz CT molecular complexity index is 1150. The van der Waals surface area contributed by atoms with Gasteiger partial charge in [0.1, 0.15) is 5.41 Å². The Morgan fingerprint density at radius 3 is 2.10 bits per heavy atom. The van der Waals surface area contributed by atoms with E-state index in [9.17, 15) is 9.59 Å². The third-order valence-corrected chi connectivity index (χ3v) is 6.51. The van der Waals surface area contributed by atoms with E-state index >= 15 is 0 Å². The van der Waals surface area contributed by atoms with Crippen molar-refractivity contribution >= 4 is 17.5 Å². The van der Waals surface area contributed by atoms with Crippen molar-refractivity contribution in [3.05, 3.63) is 102 Å². The summed E-state index contributed by atoms with van der Waals surface area (Å²) in [6.07, 6.45) is 0. The van der Waals surface area contributed by atoms with Crippen LogP contribution >= 0.6 is 0 Å². The molecule has 1 spiro atoms. The highest BCUT2D eigenvalue weighted by Gasteiger charge is 2.68. The number of nitrogens with zero attached hydrogens (tertiary/aromatic N) is 2. The smallest absolute Gasteiger partial charge is 0.258 e. The van der Waals surface area contributed by atoms with Crippen molar-refractivity contribution < 1.29 is 9.59 Å². The largest absolute Gasteiger partial charge is 0.328 e. The first kappa shape index (κ1) is 19.6. The molecule has 4 nitrogen and oxygen atoms in total. The van der Waals surface area contributed by atoms with Crippen LogP contribution in [0.25, 0.3) is 0 Å². The standard InChI is InChI=1S/C27H26N2O2/c1-26(2,3)29-23(19-12-6-4-7-13-19)27(25(29)31)18-28(22-17-11-10-16-21(22)27)24(30)20-14-8-5-9-15-20/h4-17,23H,18H2,1-3H3/t23-,27-/m0/s1. The van der Waals surface area contributed by atoms with Crippen LogP contribution in [-0.2, 0) is 10.2 Å². The van der Waals surface area contributed by atoms with E-state index in [0.717, 1.165) is 16.8 Å². The topological polar surface area (TPSA) is 40.6 Å². The van der Waals surface area contributed by atoms with Crippen molar-refractivity contribution in [3.8, 4) is 0 Å². The van der Waals surface area contributed by atoms with Crippen LogP contribution in [0, 0.1) is 0 Å². The highest BCUT2D eigenvalue weighted by atomic mass is 16.2. The molecule has 2 aliphatic heterocycles. The number of β-lactam (4-membered cyclic amide) rings is 1. The molecule has 0 radical (unpaired) electrons. The van der Waals surface area contributed by atoms with Crippen LogP contribution in [0.4, 0.5) is 5.69 Å². The Balaban J connectivity index is 1.66. The first-order chi connectivity index (χ1) is 14.9. The van der Waals surface area contributed by atoms with Gasteiger partial charge in [-0.3, -0.25) is 9.59 Å². The molecular weight excluding hydrogens is 384 g/mol. The number of fused-ring (bicyclic) bond motifs is 2. The van der Waals surface area contributed by atoms with E-state index < -0.39 is 5.41 Å². The third kappa shape index (κ3) is 2.74. The minimum absolute atomic E-state index is 0.0706. The van der Waals surface area contributed by atoms with Crippen LogP contribution in [0.15, 0.2) is 84.9 Å². The summed E-state index contributed by atoms with van der Waals surface area (Å²) in [5.41, 5.74) is 2.41. The molecule has 2 heterocycles. The summed E-state index contributed by atoms with van der Waals surface area (Å²) < 4.78 is 0. The SMILES string of the molecule is CC(C)(C)N1C(=O)[C@]2(CN(C(=O)c3ccccc3)c3ccccc32)[C@@H]1c1ccccc1. The Morgan fingerprint density at radius 2 is 1.45 bits per heavy atom. The van der Waals surface area contributed by atoms with Gasteiger partial charge >= 0.3 is 0 Å². The van der Waals surface area contributed by atoms with Gasteiger partial charge in [-0.2, -0.15) is 0 Å². The van der Waals surface area contributed by atoms with E-state index in [0.29, 0.717) is 12.1 Å². The van der Waals surface area contributed by atoms with Crippen molar-refractivity contribution in [2.45, 2.75) is 37.8 Å². The molecule has 4 heteroatoms. The Kier molecular flexibility index (Phi) is 4.30. The van der Waals surface area contributed by atoms with Gasteiger partial charge < -0.3 is 9.80 Å². The predicted octanol–water partition coefficient (Wildman–Crippen LogP) is 4.97. The molecule has 1 fully saturated rings. The first-order valence-electron chi connectivity index (χ1n) is 10.7. The number of anilines is 1. The quantitative estimate of drug-likeness (QED) is 0.560. The highest BCUT2D eigenvalue weighted by molar-refractivity contribution is 6.11. The Hall–Kier alpha value is -3.40. The van der Waals surface area contributed by atoms with Gasteiger partial charge in [0.2, 0.25) is 5.91 Å².